The standard InChI is InChI=1S/C19H19F3N2OS/c1-2-12-5-8-16-14(9-12)10-17(26-16)18(25)24-23-11-13-3-6-15(7-4-13)19(20,21)22/h3-4,6-7,10-12H,2,5,8-9H2,1H3,(H,24,25)/b23-11-/t12-/m0/s1. The topological polar surface area (TPSA) is 41.5 Å². The quantitative estimate of drug-likeness (QED) is 0.586. The second-order valence-corrected chi connectivity index (χ2v) is 7.53. The molecule has 26 heavy (non-hydrogen) atoms. The van der Waals surface area contributed by atoms with Crippen LogP contribution < -0.4 is 5.43 Å². The number of hydrazone groups is 1. The zero-order chi connectivity index (χ0) is 18.7. The number of halogens is 3. The van der Waals surface area contributed by atoms with Crippen molar-refractivity contribution in [2.45, 2.75) is 38.8 Å². The highest BCUT2D eigenvalue weighted by Crippen LogP contribution is 2.33. The molecule has 1 aromatic carbocycles. The highest BCUT2D eigenvalue weighted by atomic mass is 32.1. The van der Waals surface area contributed by atoms with Crippen LogP contribution in [0.15, 0.2) is 35.4 Å². The molecule has 2 aromatic rings. The summed E-state index contributed by atoms with van der Waals surface area (Å²) < 4.78 is 37.6. The van der Waals surface area contributed by atoms with Crippen molar-refractivity contribution >= 4 is 23.5 Å². The van der Waals surface area contributed by atoms with Gasteiger partial charge in [-0.25, -0.2) is 5.43 Å². The number of hydrogen-bond acceptors (Lipinski definition) is 3. The van der Waals surface area contributed by atoms with Crippen molar-refractivity contribution in [1.82, 2.24) is 5.43 Å². The molecular weight excluding hydrogens is 361 g/mol. The Labute approximate surface area is 153 Å². The summed E-state index contributed by atoms with van der Waals surface area (Å²) in [6.07, 6.45) is 1.31. The summed E-state index contributed by atoms with van der Waals surface area (Å²) in [6, 6.07) is 6.53. The number of carbonyl (C=O) groups is 1. The minimum atomic E-state index is -4.36. The van der Waals surface area contributed by atoms with E-state index >= 15 is 0 Å². The van der Waals surface area contributed by atoms with Crippen molar-refractivity contribution in [3.05, 3.63) is 56.8 Å². The zero-order valence-electron chi connectivity index (χ0n) is 14.3. The molecular formula is C19H19F3N2OS. The van der Waals surface area contributed by atoms with Gasteiger partial charge in [-0.2, -0.15) is 18.3 Å². The first-order chi connectivity index (χ1) is 12.4. The Bertz CT molecular complexity index is 809. The fraction of sp³-hybridized carbons (Fsp3) is 0.368. The van der Waals surface area contributed by atoms with Crippen LogP contribution in [0.4, 0.5) is 13.2 Å². The first-order valence-corrected chi connectivity index (χ1v) is 9.30. The number of benzene rings is 1. The number of hydrogen-bond donors (Lipinski definition) is 1. The molecule has 1 atom stereocenters. The van der Waals surface area contributed by atoms with Crippen LogP contribution in [-0.4, -0.2) is 12.1 Å². The molecule has 1 N–H and O–H groups in total. The van der Waals surface area contributed by atoms with E-state index in [-0.39, 0.29) is 5.91 Å². The maximum absolute atomic E-state index is 12.5. The van der Waals surface area contributed by atoms with Crippen molar-refractivity contribution < 1.29 is 18.0 Å². The van der Waals surface area contributed by atoms with Crippen molar-refractivity contribution in [3.63, 3.8) is 0 Å². The zero-order valence-corrected chi connectivity index (χ0v) is 15.1. The van der Waals surface area contributed by atoms with Crippen molar-refractivity contribution in [2.24, 2.45) is 11.0 Å². The van der Waals surface area contributed by atoms with Crippen LogP contribution in [-0.2, 0) is 19.0 Å². The molecule has 0 aliphatic heterocycles. The van der Waals surface area contributed by atoms with Crippen LogP contribution in [0.25, 0.3) is 0 Å². The molecule has 1 aromatic heterocycles. The Balaban J connectivity index is 1.61. The van der Waals surface area contributed by atoms with Gasteiger partial charge in [0.1, 0.15) is 0 Å². The number of nitrogens with zero attached hydrogens (tertiary/aromatic N) is 1. The SMILES string of the molecule is CC[C@H]1CCc2sc(C(=O)N/N=C\c3ccc(C(F)(F)F)cc3)cc2C1. The Hall–Kier alpha value is -2.15. The van der Waals surface area contributed by atoms with E-state index in [9.17, 15) is 18.0 Å². The summed E-state index contributed by atoms with van der Waals surface area (Å²) in [6.45, 7) is 2.19. The van der Waals surface area contributed by atoms with Crippen molar-refractivity contribution in [1.29, 1.82) is 0 Å². The highest BCUT2D eigenvalue weighted by molar-refractivity contribution is 7.14. The Kier molecular flexibility index (Phi) is 5.46. The molecule has 1 heterocycles. The second-order valence-electron chi connectivity index (χ2n) is 6.40. The molecule has 138 valence electrons. The minimum Gasteiger partial charge on any atom is -0.266 e. The van der Waals surface area contributed by atoms with Crippen LogP contribution in [0.5, 0.6) is 0 Å². The number of carbonyl (C=O) groups excluding carboxylic acids is 1. The van der Waals surface area contributed by atoms with Gasteiger partial charge in [0.15, 0.2) is 0 Å². The van der Waals surface area contributed by atoms with Crippen LogP contribution in [0.1, 0.15) is 51.0 Å². The van der Waals surface area contributed by atoms with Crippen molar-refractivity contribution in [3.8, 4) is 0 Å². The van der Waals surface area contributed by atoms with Gasteiger partial charge in [0.25, 0.3) is 5.91 Å². The maximum atomic E-state index is 12.5. The average Bonchev–Trinajstić information content (AvgIpc) is 3.04. The molecule has 0 spiro atoms. The van der Waals surface area contributed by atoms with Crippen LogP contribution >= 0.6 is 11.3 Å². The van der Waals surface area contributed by atoms with E-state index in [1.54, 1.807) is 0 Å². The van der Waals surface area contributed by atoms with Gasteiger partial charge < -0.3 is 0 Å². The Morgan fingerprint density at radius 2 is 2.08 bits per heavy atom. The third kappa shape index (κ3) is 4.33. The van der Waals surface area contributed by atoms with Gasteiger partial charge in [0, 0.05) is 4.88 Å². The predicted molar refractivity (Wildman–Crippen MR) is 96.6 cm³/mol. The number of alkyl halides is 3. The average molecular weight is 380 g/mol. The monoisotopic (exact) mass is 380 g/mol. The summed E-state index contributed by atoms with van der Waals surface area (Å²) in [5, 5.41) is 3.85. The van der Waals surface area contributed by atoms with Gasteiger partial charge in [0.05, 0.1) is 16.7 Å². The summed E-state index contributed by atoms with van der Waals surface area (Å²) in [5.41, 5.74) is 3.47. The van der Waals surface area contributed by atoms with E-state index in [1.165, 1.54) is 40.1 Å². The predicted octanol–water partition coefficient (Wildman–Crippen LogP) is 5.05. The lowest BCUT2D eigenvalue weighted by molar-refractivity contribution is -0.137. The van der Waals surface area contributed by atoms with Gasteiger partial charge in [-0.3, -0.25) is 4.79 Å². The van der Waals surface area contributed by atoms with E-state index in [2.05, 4.69) is 17.5 Å². The van der Waals surface area contributed by atoms with Gasteiger partial charge in [-0.1, -0.05) is 25.5 Å². The first kappa shape index (κ1) is 18.6. The number of thiophene rings is 1. The molecule has 0 bridgehead atoms. The normalized spacial score (nSPS) is 17.3. The van der Waals surface area contributed by atoms with Crippen LogP contribution in [0.2, 0.25) is 0 Å². The number of amides is 1. The number of aryl methyl sites for hydroxylation is 1. The Morgan fingerprint density at radius 3 is 2.73 bits per heavy atom. The fourth-order valence-electron chi connectivity index (χ4n) is 3.04. The van der Waals surface area contributed by atoms with Gasteiger partial charge in [-0.15, -0.1) is 11.3 Å². The molecule has 1 aliphatic carbocycles. The van der Waals surface area contributed by atoms with E-state index in [0.29, 0.717) is 16.4 Å². The van der Waals surface area contributed by atoms with E-state index in [0.717, 1.165) is 37.8 Å². The number of rotatable bonds is 4. The molecule has 7 heteroatoms. The van der Waals surface area contributed by atoms with E-state index in [4.69, 9.17) is 0 Å². The lowest BCUT2D eigenvalue weighted by atomic mass is 9.87. The van der Waals surface area contributed by atoms with Crippen LogP contribution in [0, 0.1) is 5.92 Å². The van der Waals surface area contributed by atoms with Crippen molar-refractivity contribution in [2.75, 3.05) is 0 Å². The smallest absolute Gasteiger partial charge is 0.266 e. The van der Waals surface area contributed by atoms with E-state index < -0.39 is 11.7 Å². The maximum Gasteiger partial charge on any atom is 0.416 e. The lowest BCUT2D eigenvalue weighted by Gasteiger charge is -2.19. The number of fused-ring (bicyclic) bond motifs is 1. The lowest BCUT2D eigenvalue weighted by Crippen LogP contribution is -2.16. The highest BCUT2D eigenvalue weighted by Gasteiger charge is 2.29. The van der Waals surface area contributed by atoms with E-state index in [1.807, 2.05) is 6.07 Å². The summed E-state index contributed by atoms with van der Waals surface area (Å²) in [7, 11) is 0. The molecule has 0 radical (unpaired) electrons. The molecule has 1 amide bonds. The summed E-state index contributed by atoms with van der Waals surface area (Å²) in [4.78, 5) is 14.1. The first-order valence-electron chi connectivity index (χ1n) is 8.49. The Morgan fingerprint density at radius 1 is 1.35 bits per heavy atom. The van der Waals surface area contributed by atoms with Gasteiger partial charge >= 0.3 is 6.18 Å². The summed E-state index contributed by atoms with van der Waals surface area (Å²) >= 11 is 1.50. The third-order valence-corrected chi connectivity index (χ3v) is 5.84. The molecule has 0 unspecified atom stereocenters. The molecule has 0 fully saturated rings. The number of nitrogens with one attached hydrogen (secondary N) is 1. The minimum absolute atomic E-state index is 0.291. The molecule has 0 saturated heterocycles. The molecule has 1 aliphatic rings. The summed E-state index contributed by atoms with van der Waals surface area (Å²) in [5.74, 6) is 0.395. The van der Waals surface area contributed by atoms with Crippen LogP contribution in [0.3, 0.4) is 0 Å². The molecule has 3 rings (SSSR count). The van der Waals surface area contributed by atoms with Gasteiger partial charge in [-0.05, 0) is 54.5 Å². The largest absolute Gasteiger partial charge is 0.416 e. The molecule has 3 nitrogen and oxygen atoms in total. The third-order valence-electron chi connectivity index (χ3n) is 4.60. The van der Waals surface area contributed by atoms with Gasteiger partial charge in [0.2, 0.25) is 0 Å². The second kappa shape index (κ2) is 7.61. The fourth-order valence-corrected chi connectivity index (χ4v) is 4.14. The molecule has 0 saturated carbocycles.